The van der Waals surface area contributed by atoms with E-state index in [4.69, 9.17) is 0 Å². The summed E-state index contributed by atoms with van der Waals surface area (Å²) in [6.07, 6.45) is 13.5. The van der Waals surface area contributed by atoms with Crippen molar-refractivity contribution in [3.8, 4) is 0 Å². The molecule has 4 aliphatic carbocycles. The van der Waals surface area contributed by atoms with Crippen molar-refractivity contribution >= 4 is 0 Å². The van der Waals surface area contributed by atoms with Crippen molar-refractivity contribution in [2.24, 2.45) is 29.6 Å². The molecule has 0 heterocycles. The lowest BCUT2D eigenvalue weighted by Crippen LogP contribution is -2.41. The summed E-state index contributed by atoms with van der Waals surface area (Å²) in [6.45, 7) is 20.4. The minimum absolute atomic E-state index is 0.457. The highest BCUT2D eigenvalue weighted by Crippen LogP contribution is 2.46. The maximum absolute atomic E-state index is 4.50. The van der Waals surface area contributed by atoms with Gasteiger partial charge in [-0.2, -0.15) is 0 Å². The van der Waals surface area contributed by atoms with Crippen molar-refractivity contribution in [1.82, 2.24) is 5.32 Å². The van der Waals surface area contributed by atoms with E-state index in [0.29, 0.717) is 29.7 Å². The quantitative estimate of drug-likeness (QED) is 0.471. The molecule has 2 bridgehead atoms. The van der Waals surface area contributed by atoms with Gasteiger partial charge in [0.2, 0.25) is 0 Å². The molecule has 4 atom stereocenters. The van der Waals surface area contributed by atoms with Gasteiger partial charge in [0.15, 0.2) is 0 Å². The summed E-state index contributed by atoms with van der Waals surface area (Å²) in [6, 6.07) is 0.457. The lowest BCUT2D eigenvalue weighted by atomic mass is 9.66. The molecule has 0 radical (unpaired) electrons. The Morgan fingerprint density at radius 1 is 1.17 bits per heavy atom. The van der Waals surface area contributed by atoms with Crippen LogP contribution in [-0.4, -0.2) is 6.04 Å². The van der Waals surface area contributed by atoms with E-state index in [1.165, 1.54) is 59.2 Å². The van der Waals surface area contributed by atoms with Crippen LogP contribution in [0.25, 0.3) is 0 Å². The topological polar surface area (TPSA) is 12.0 Å². The normalized spacial score (nSPS) is 36.5. The van der Waals surface area contributed by atoms with Crippen molar-refractivity contribution in [3.05, 3.63) is 70.5 Å². The molecular weight excluding hydrogens is 350 g/mol. The molecule has 1 nitrogen and oxygen atoms in total. The number of hydrogen-bond donors (Lipinski definition) is 1. The van der Waals surface area contributed by atoms with E-state index in [2.05, 4.69) is 71.3 Å². The molecule has 0 aromatic heterocycles. The number of nitrogens with one attached hydrogen (secondary N) is 1. The van der Waals surface area contributed by atoms with Crippen LogP contribution in [0.5, 0.6) is 0 Å². The van der Waals surface area contributed by atoms with Gasteiger partial charge < -0.3 is 5.32 Å². The van der Waals surface area contributed by atoms with E-state index in [9.17, 15) is 0 Å². The Hall–Kier alpha value is -1.76. The van der Waals surface area contributed by atoms with E-state index in [1.54, 1.807) is 5.57 Å². The van der Waals surface area contributed by atoms with Crippen LogP contribution in [0.15, 0.2) is 70.5 Å². The molecule has 0 aliphatic heterocycles. The van der Waals surface area contributed by atoms with Crippen molar-refractivity contribution in [1.29, 1.82) is 0 Å². The van der Waals surface area contributed by atoms with E-state index in [-0.39, 0.29) is 0 Å². The van der Waals surface area contributed by atoms with Crippen LogP contribution in [0.1, 0.15) is 66.7 Å². The molecule has 0 amide bonds. The third kappa shape index (κ3) is 3.86. The number of fused-ring (bicyclic) bond motifs is 2. The molecule has 0 aromatic carbocycles. The maximum Gasteiger partial charge on any atom is 0.0514 e. The third-order valence-corrected chi connectivity index (χ3v) is 8.23. The second kappa shape index (κ2) is 7.82. The lowest BCUT2D eigenvalue weighted by Gasteiger charge is -2.43. The van der Waals surface area contributed by atoms with Gasteiger partial charge in [-0.05, 0) is 93.3 Å². The largest absolute Gasteiger partial charge is 0.382 e. The fraction of sp³-hybridized carbons (Fsp3) is 0.571. The van der Waals surface area contributed by atoms with Crippen LogP contribution in [0.4, 0.5) is 0 Å². The average Bonchev–Trinajstić information content (AvgIpc) is 2.62. The van der Waals surface area contributed by atoms with Gasteiger partial charge in [-0.3, -0.25) is 0 Å². The minimum atomic E-state index is 0.457. The zero-order valence-corrected chi connectivity index (χ0v) is 19.1. The summed E-state index contributed by atoms with van der Waals surface area (Å²) in [7, 11) is 0. The fourth-order valence-corrected chi connectivity index (χ4v) is 6.10. The van der Waals surface area contributed by atoms with Gasteiger partial charge in [0.1, 0.15) is 0 Å². The predicted octanol–water partition coefficient (Wildman–Crippen LogP) is 7.28. The van der Waals surface area contributed by atoms with Crippen LogP contribution in [0.3, 0.4) is 0 Å². The lowest BCUT2D eigenvalue weighted by molar-refractivity contribution is 0.254. The Labute approximate surface area is 178 Å². The van der Waals surface area contributed by atoms with Crippen LogP contribution < -0.4 is 5.32 Å². The zero-order chi connectivity index (χ0) is 20.9. The summed E-state index contributed by atoms with van der Waals surface area (Å²) in [5, 5.41) is 3.81. The Morgan fingerprint density at radius 2 is 1.90 bits per heavy atom. The Kier molecular flexibility index (Phi) is 5.53. The second-order valence-corrected chi connectivity index (χ2v) is 10.4. The predicted molar refractivity (Wildman–Crippen MR) is 125 cm³/mol. The summed E-state index contributed by atoms with van der Waals surface area (Å²) >= 11 is 0. The molecule has 0 spiro atoms. The highest BCUT2D eigenvalue weighted by Gasteiger charge is 2.37. The molecule has 4 unspecified atom stereocenters. The molecule has 4 aliphatic rings. The second-order valence-electron chi connectivity index (χ2n) is 10.4. The smallest absolute Gasteiger partial charge is 0.0514 e. The first-order valence-corrected chi connectivity index (χ1v) is 11.7. The van der Waals surface area contributed by atoms with Gasteiger partial charge in [0.05, 0.1) is 6.04 Å². The van der Waals surface area contributed by atoms with Crippen LogP contribution >= 0.6 is 0 Å². The van der Waals surface area contributed by atoms with E-state index in [0.717, 1.165) is 12.3 Å². The maximum atomic E-state index is 4.50. The number of hydrogen-bond acceptors (Lipinski definition) is 1. The van der Waals surface area contributed by atoms with Gasteiger partial charge >= 0.3 is 0 Å². The van der Waals surface area contributed by atoms with Crippen molar-refractivity contribution in [3.63, 3.8) is 0 Å². The highest BCUT2D eigenvalue weighted by atomic mass is 14.9. The van der Waals surface area contributed by atoms with Gasteiger partial charge in [0.25, 0.3) is 0 Å². The molecule has 29 heavy (non-hydrogen) atoms. The summed E-state index contributed by atoms with van der Waals surface area (Å²) in [5.41, 5.74) is 10.1. The minimum Gasteiger partial charge on any atom is -0.382 e. The van der Waals surface area contributed by atoms with Crippen molar-refractivity contribution in [2.75, 3.05) is 0 Å². The number of rotatable bonds is 6. The average molecular weight is 390 g/mol. The Balaban J connectivity index is 1.37. The third-order valence-electron chi connectivity index (χ3n) is 8.23. The first kappa shape index (κ1) is 20.5. The summed E-state index contributed by atoms with van der Waals surface area (Å²) in [5.74, 6) is 3.43. The Morgan fingerprint density at radius 3 is 2.55 bits per heavy atom. The van der Waals surface area contributed by atoms with E-state index in [1.807, 2.05) is 0 Å². The standard InChI is InChI=1S/C28H39N/c1-16-11-24(12-16)18(3)14-19(4)26-15-28(21(26)6)29-22(7)25-9-8-23-10-17(2)13-27(25)20(23)5/h10,13-14,16,20,24-25,27-29H,3,7-9,11-12,15H2,1-2,4-6H3/b19-14+. The van der Waals surface area contributed by atoms with Crippen LogP contribution in [0.2, 0.25) is 0 Å². The molecule has 0 aromatic rings. The highest BCUT2D eigenvalue weighted by molar-refractivity contribution is 5.47. The molecule has 4 rings (SSSR count). The van der Waals surface area contributed by atoms with Crippen molar-refractivity contribution < 1.29 is 0 Å². The van der Waals surface area contributed by atoms with Crippen LogP contribution in [0, 0.1) is 29.6 Å². The molecule has 1 heteroatoms. The first-order valence-electron chi connectivity index (χ1n) is 11.7. The van der Waals surface area contributed by atoms with Gasteiger partial charge in [-0.15, -0.1) is 0 Å². The molecule has 0 saturated heterocycles. The van der Waals surface area contributed by atoms with Gasteiger partial charge in [-0.1, -0.05) is 62.0 Å². The van der Waals surface area contributed by atoms with Gasteiger partial charge in [0, 0.05) is 11.6 Å². The monoisotopic (exact) mass is 389 g/mol. The summed E-state index contributed by atoms with van der Waals surface area (Å²) < 4.78 is 0. The SMILES string of the molecule is C=C(/C=C(\C)C1=C(C)C(NC(=C)C2CCC3=CC(C)=CC2C3C)C1)C1CC(C)C1. The number of allylic oxidation sites excluding steroid dienone is 8. The van der Waals surface area contributed by atoms with E-state index >= 15 is 0 Å². The Bertz CT molecular complexity index is 840. The molecular formula is C28H39N. The molecule has 2 fully saturated rings. The van der Waals surface area contributed by atoms with E-state index < -0.39 is 0 Å². The first-order chi connectivity index (χ1) is 13.7. The summed E-state index contributed by atoms with van der Waals surface area (Å²) in [4.78, 5) is 0. The molecule has 1 N–H and O–H groups in total. The zero-order valence-electron chi connectivity index (χ0n) is 19.1. The van der Waals surface area contributed by atoms with Crippen molar-refractivity contribution in [2.45, 2.75) is 72.8 Å². The molecule has 2 saturated carbocycles. The fourth-order valence-electron chi connectivity index (χ4n) is 6.10. The molecule has 156 valence electrons. The van der Waals surface area contributed by atoms with Gasteiger partial charge in [-0.25, -0.2) is 0 Å². The van der Waals surface area contributed by atoms with Crippen LogP contribution in [-0.2, 0) is 0 Å².